The second-order valence-electron chi connectivity index (χ2n) is 6.24. The van der Waals surface area contributed by atoms with Crippen molar-refractivity contribution in [2.24, 2.45) is 0 Å². The molecule has 8 nitrogen and oxygen atoms in total. The number of anilines is 1. The van der Waals surface area contributed by atoms with Gasteiger partial charge in [-0.2, -0.15) is 5.10 Å². The van der Waals surface area contributed by atoms with Gasteiger partial charge >= 0.3 is 0 Å². The van der Waals surface area contributed by atoms with Gasteiger partial charge in [-0.15, -0.1) is 5.10 Å². The van der Waals surface area contributed by atoms with Gasteiger partial charge in [-0.3, -0.25) is 5.10 Å². The van der Waals surface area contributed by atoms with E-state index in [-0.39, 0.29) is 5.82 Å². The van der Waals surface area contributed by atoms with E-state index in [1.807, 2.05) is 25.2 Å². The van der Waals surface area contributed by atoms with Crippen molar-refractivity contribution in [2.45, 2.75) is 6.54 Å². The van der Waals surface area contributed by atoms with Gasteiger partial charge in [-0.25, -0.2) is 19.0 Å². The predicted molar refractivity (Wildman–Crippen MR) is 98.5 cm³/mol. The van der Waals surface area contributed by atoms with E-state index in [2.05, 4.69) is 30.5 Å². The molecule has 0 spiro atoms. The first-order valence-electron chi connectivity index (χ1n) is 8.28. The Morgan fingerprint density at radius 1 is 1.04 bits per heavy atom. The zero-order chi connectivity index (χ0) is 18.8. The third kappa shape index (κ3) is 3.52. The number of aromatic nitrogens is 7. The molecule has 1 N–H and O–H groups in total. The predicted octanol–water partition coefficient (Wildman–Crippen LogP) is 2.38. The van der Waals surface area contributed by atoms with Crippen molar-refractivity contribution in [3.8, 4) is 22.5 Å². The van der Waals surface area contributed by atoms with Crippen molar-refractivity contribution in [2.75, 3.05) is 19.0 Å². The van der Waals surface area contributed by atoms with Crippen LogP contribution < -0.4 is 4.90 Å². The van der Waals surface area contributed by atoms with Crippen LogP contribution in [0.15, 0.2) is 49.1 Å². The quantitative estimate of drug-likeness (QED) is 0.585. The van der Waals surface area contributed by atoms with Crippen LogP contribution in [0.3, 0.4) is 0 Å². The zero-order valence-electron chi connectivity index (χ0n) is 14.8. The fourth-order valence-corrected chi connectivity index (χ4v) is 2.66. The highest BCUT2D eigenvalue weighted by atomic mass is 19.1. The second kappa shape index (κ2) is 6.94. The van der Waals surface area contributed by atoms with Crippen LogP contribution >= 0.6 is 0 Å². The normalized spacial score (nSPS) is 10.9. The Balaban J connectivity index is 1.55. The Hall–Kier alpha value is -3.62. The fourth-order valence-electron chi connectivity index (χ4n) is 2.66. The third-order valence-electron chi connectivity index (χ3n) is 4.06. The van der Waals surface area contributed by atoms with Crippen LogP contribution in [0, 0.1) is 5.82 Å². The highest BCUT2D eigenvalue weighted by Crippen LogP contribution is 2.22. The second-order valence-corrected chi connectivity index (χ2v) is 6.24. The molecule has 0 radical (unpaired) electrons. The molecule has 0 saturated heterocycles. The smallest absolute Gasteiger partial charge is 0.224 e. The first kappa shape index (κ1) is 16.8. The minimum Gasteiger partial charge on any atom is -0.347 e. The van der Waals surface area contributed by atoms with Gasteiger partial charge in [0.05, 0.1) is 24.6 Å². The molecule has 4 rings (SSSR count). The van der Waals surface area contributed by atoms with Gasteiger partial charge in [0.25, 0.3) is 0 Å². The number of aromatic amines is 1. The molecule has 4 aromatic rings. The van der Waals surface area contributed by atoms with Crippen LogP contribution in [0.4, 0.5) is 10.3 Å². The summed E-state index contributed by atoms with van der Waals surface area (Å²) in [6.45, 7) is 0.479. The van der Waals surface area contributed by atoms with Crippen molar-refractivity contribution >= 4 is 5.95 Å². The van der Waals surface area contributed by atoms with Gasteiger partial charge in [0.2, 0.25) is 5.95 Å². The van der Waals surface area contributed by atoms with Crippen LogP contribution in [-0.2, 0) is 6.54 Å². The van der Waals surface area contributed by atoms with Crippen LogP contribution in [0.1, 0.15) is 5.56 Å². The highest BCUT2D eigenvalue weighted by Gasteiger charge is 2.11. The van der Waals surface area contributed by atoms with E-state index in [1.54, 1.807) is 35.4 Å². The highest BCUT2D eigenvalue weighted by molar-refractivity contribution is 5.62. The number of nitrogens with zero attached hydrogens (tertiary/aromatic N) is 7. The Bertz CT molecular complexity index is 1030. The summed E-state index contributed by atoms with van der Waals surface area (Å²) in [4.78, 5) is 10.4. The Labute approximate surface area is 154 Å². The van der Waals surface area contributed by atoms with Gasteiger partial charge in [0, 0.05) is 43.2 Å². The Kier molecular flexibility index (Phi) is 4.33. The van der Waals surface area contributed by atoms with E-state index < -0.39 is 0 Å². The molecule has 0 aliphatic heterocycles. The molecule has 0 unspecified atom stereocenters. The van der Waals surface area contributed by atoms with Crippen molar-refractivity contribution in [3.05, 3.63) is 60.4 Å². The standard InChI is InChI=1S/C18H17FN8/c1-26(2)18-20-7-13(8-21-18)16-11-27(25-23-16)10-14-9-22-24-17(14)12-3-5-15(19)6-4-12/h3-9,11H,10H2,1-2H3,(H,22,24). The minimum absolute atomic E-state index is 0.275. The van der Waals surface area contributed by atoms with E-state index in [4.69, 9.17) is 0 Å². The fraction of sp³-hybridized carbons (Fsp3) is 0.167. The monoisotopic (exact) mass is 364 g/mol. The molecule has 1 aromatic carbocycles. The topological polar surface area (TPSA) is 88.4 Å². The zero-order valence-corrected chi connectivity index (χ0v) is 14.8. The number of hydrogen-bond acceptors (Lipinski definition) is 6. The lowest BCUT2D eigenvalue weighted by Crippen LogP contribution is -2.12. The van der Waals surface area contributed by atoms with Crippen LogP contribution in [-0.4, -0.2) is 49.3 Å². The van der Waals surface area contributed by atoms with Crippen molar-refractivity contribution in [1.82, 2.24) is 35.2 Å². The number of hydrogen-bond donors (Lipinski definition) is 1. The Morgan fingerprint density at radius 3 is 2.48 bits per heavy atom. The van der Waals surface area contributed by atoms with Gasteiger partial charge in [0.15, 0.2) is 0 Å². The summed E-state index contributed by atoms with van der Waals surface area (Å²) in [5.41, 5.74) is 4.09. The lowest BCUT2D eigenvalue weighted by Gasteiger charge is -2.08. The van der Waals surface area contributed by atoms with E-state index in [0.717, 1.165) is 22.4 Å². The Morgan fingerprint density at radius 2 is 1.78 bits per heavy atom. The third-order valence-corrected chi connectivity index (χ3v) is 4.06. The lowest BCUT2D eigenvalue weighted by atomic mass is 10.1. The summed E-state index contributed by atoms with van der Waals surface area (Å²) in [6.07, 6.45) is 7.00. The summed E-state index contributed by atoms with van der Waals surface area (Å²) >= 11 is 0. The molecule has 9 heteroatoms. The van der Waals surface area contributed by atoms with Crippen LogP contribution in [0.5, 0.6) is 0 Å². The molecule has 3 aromatic heterocycles. The molecule has 0 aliphatic rings. The molecule has 0 fully saturated rings. The summed E-state index contributed by atoms with van der Waals surface area (Å²) in [5, 5.41) is 15.4. The van der Waals surface area contributed by atoms with E-state index >= 15 is 0 Å². The SMILES string of the molecule is CN(C)c1ncc(-c2cn(Cc3cn[nH]c3-c3ccc(F)cc3)nn2)cn1. The molecule has 27 heavy (non-hydrogen) atoms. The molecule has 3 heterocycles. The maximum absolute atomic E-state index is 13.1. The first-order chi connectivity index (χ1) is 13.1. The number of halogens is 1. The molecule has 0 saturated carbocycles. The van der Waals surface area contributed by atoms with E-state index in [1.165, 1.54) is 12.1 Å². The van der Waals surface area contributed by atoms with Crippen LogP contribution in [0.2, 0.25) is 0 Å². The van der Waals surface area contributed by atoms with Crippen molar-refractivity contribution in [3.63, 3.8) is 0 Å². The molecule has 0 atom stereocenters. The van der Waals surface area contributed by atoms with Gasteiger partial charge in [-0.05, 0) is 24.3 Å². The summed E-state index contributed by atoms with van der Waals surface area (Å²) in [6, 6.07) is 6.27. The number of nitrogens with one attached hydrogen (secondary N) is 1. The van der Waals surface area contributed by atoms with E-state index in [9.17, 15) is 4.39 Å². The molecular weight excluding hydrogens is 347 g/mol. The van der Waals surface area contributed by atoms with Gasteiger partial charge in [0.1, 0.15) is 11.5 Å². The summed E-state index contributed by atoms with van der Waals surface area (Å²) in [7, 11) is 3.77. The van der Waals surface area contributed by atoms with Crippen molar-refractivity contribution < 1.29 is 4.39 Å². The molecule has 136 valence electrons. The number of benzene rings is 1. The van der Waals surface area contributed by atoms with Crippen LogP contribution in [0.25, 0.3) is 22.5 Å². The maximum Gasteiger partial charge on any atom is 0.224 e. The van der Waals surface area contributed by atoms with E-state index in [0.29, 0.717) is 18.2 Å². The lowest BCUT2D eigenvalue weighted by molar-refractivity contribution is 0.628. The first-order valence-corrected chi connectivity index (χ1v) is 8.28. The average Bonchev–Trinajstić information content (AvgIpc) is 3.33. The van der Waals surface area contributed by atoms with Gasteiger partial charge in [-0.1, -0.05) is 5.21 Å². The van der Waals surface area contributed by atoms with Gasteiger partial charge < -0.3 is 4.90 Å². The average molecular weight is 364 g/mol. The summed E-state index contributed by atoms with van der Waals surface area (Å²) in [5.74, 6) is 0.358. The minimum atomic E-state index is -0.275. The molecule has 0 bridgehead atoms. The maximum atomic E-state index is 13.1. The van der Waals surface area contributed by atoms with Crippen molar-refractivity contribution in [1.29, 1.82) is 0 Å². The molecule has 0 aliphatic carbocycles. The number of H-pyrrole nitrogens is 1. The molecular formula is C18H17FN8. The largest absolute Gasteiger partial charge is 0.347 e. The molecule has 0 amide bonds. The number of rotatable bonds is 5. The summed E-state index contributed by atoms with van der Waals surface area (Å²) < 4.78 is 14.9.